The van der Waals surface area contributed by atoms with E-state index in [2.05, 4.69) is 10.3 Å². The number of benzene rings is 1. The molecule has 6 heteroatoms. The van der Waals surface area contributed by atoms with Crippen LogP contribution in [-0.4, -0.2) is 17.4 Å². The summed E-state index contributed by atoms with van der Waals surface area (Å²) >= 11 is 1.37. The third kappa shape index (κ3) is 3.27. The fraction of sp³-hybridized carbons (Fsp3) is 0.167. The van der Waals surface area contributed by atoms with Crippen LogP contribution in [0.3, 0.4) is 0 Å². The van der Waals surface area contributed by atoms with Crippen molar-refractivity contribution >= 4 is 22.4 Å². The first-order valence-electron chi connectivity index (χ1n) is 5.39. The Balaban J connectivity index is 1.85. The molecule has 1 heterocycles. The topological polar surface area (TPSA) is 68.0 Å². The number of nitrogens with two attached hydrogens (primary N) is 1. The monoisotopic (exact) mass is 265 g/mol. The van der Waals surface area contributed by atoms with Gasteiger partial charge < -0.3 is 11.1 Å². The van der Waals surface area contributed by atoms with Crippen LogP contribution in [0, 0.1) is 5.82 Å². The molecule has 0 spiro atoms. The van der Waals surface area contributed by atoms with Gasteiger partial charge in [-0.2, -0.15) is 0 Å². The molecule has 2 aromatic rings. The number of anilines is 1. The van der Waals surface area contributed by atoms with Gasteiger partial charge in [0.1, 0.15) is 5.82 Å². The molecule has 1 amide bonds. The lowest BCUT2D eigenvalue weighted by Gasteiger charge is -2.03. The molecule has 0 saturated heterocycles. The lowest BCUT2D eigenvalue weighted by molar-refractivity contribution is 0.0953. The maximum Gasteiger partial charge on any atom is 0.251 e. The van der Waals surface area contributed by atoms with Crippen LogP contribution in [0.5, 0.6) is 0 Å². The fourth-order valence-corrected chi connectivity index (χ4v) is 2.07. The lowest BCUT2D eigenvalue weighted by Crippen LogP contribution is -2.25. The van der Waals surface area contributed by atoms with Crippen molar-refractivity contribution in [3.05, 3.63) is 46.7 Å². The summed E-state index contributed by atoms with van der Waals surface area (Å²) in [6.45, 7) is 0.443. The van der Waals surface area contributed by atoms with Crippen LogP contribution >= 0.6 is 11.3 Å². The fourth-order valence-electron chi connectivity index (χ4n) is 1.47. The highest BCUT2D eigenvalue weighted by atomic mass is 32.1. The Morgan fingerprint density at radius 2 is 2.33 bits per heavy atom. The molecule has 1 aromatic heterocycles. The number of amides is 1. The molecule has 0 fully saturated rings. The average Bonchev–Trinajstić information content (AvgIpc) is 2.75. The largest absolute Gasteiger partial charge is 0.375 e. The van der Waals surface area contributed by atoms with E-state index in [0.717, 1.165) is 5.69 Å². The van der Waals surface area contributed by atoms with Crippen LogP contribution in [0.4, 0.5) is 9.52 Å². The number of nitrogens with zero attached hydrogens (tertiary/aromatic N) is 1. The van der Waals surface area contributed by atoms with Gasteiger partial charge in [-0.3, -0.25) is 4.79 Å². The van der Waals surface area contributed by atoms with Crippen LogP contribution in [0.25, 0.3) is 0 Å². The Kier molecular flexibility index (Phi) is 3.88. The first-order valence-corrected chi connectivity index (χ1v) is 6.27. The number of hydrogen-bond donors (Lipinski definition) is 2. The summed E-state index contributed by atoms with van der Waals surface area (Å²) in [5, 5.41) is 5.07. The Morgan fingerprint density at radius 3 is 3.00 bits per heavy atom. The minimum Gasteiger partial charge on any atom is -0.375 e. The van der Waals surface area contributed by atoms with Crippen molar-refractivity contribution in [2.75, 3.05) is 12.3 Å². The molecular weight excluding hydrogens is 253 g/mol. The van der Waals surface area contributed by atoms with Gasteiger partial charge in [0.2, 0.25) is 0 Å². The van der Waals surface area contributed by atoms with E-state index in [1.165, 1.54) is 29.5 Å². The highest BCUT2D eigenvalue weighted by molar-refractivity contribution is 7.13. The van der Waals surface area contributed by atoms with E-state index in [1.54, 1.807) is 6.07 Å². The molecule has 0 aliphatic carbocycles. The number of aromatic nitrogens is 1. The zero-order chi connectivity index (χ0) is 13.0. The third-order valence-corrected chi connectivity index (χ3v) is 3.05. The molecule has 2 rings (SSSR count). The number of carbonyl (C=O) groups excluding carboxylic acids is 1. The molecule has 94 valence electrons. The summed E-state index contributed by atoms with van der Waals surface area (Å²) in [4.78, 5) is 15.8. The maximum atomic E-state index is 12.9. The van der Waals surface area contributed by atoms with Crippen LogP contribution < -0.4 is 11.1 Å². The molecule has 0 bridgehead atoms. The van der Waals surface area contributed by atoms with Crippen molar-refractivity contribution in [1.29, 1.82) is 0 Å². The smallest absolute Gasteiger partial charge is 0.251 e. The van der Waals surface area contributed by atoms with Crippen molar-refractivity contribution in [3.63, 3.8) is 0 Å². The molecule has 0 aliphatic rings. The van der Waals surface area contributed by atoms with E-state index in [9.17, 15) is 9.18 Å². The molecule has 0 atom stereocenters. The number of carbonyl (C=O) groups is 1. The Morgan fingerprint density at radius 1 is 1.50 bits per heavy atom. The molecule has 4 nitrogen and oxygen atoms in total. The maximum absolute atomic E-state index is 12.9. The Labute approximate surface area is 108 Å². The number of nitrogen functional groups attached to an aromatic ring is 1. The van der Waals surface area contributed by atoms with Crippen molar-refractivity contribution in [1.82, 2.24) is 10.3 Å². The van der Waals surface area contributed by atoms with Gasteiger partial charge in [0.05, 0.1) is 5.69 Å². The van der Waals surface area contributed by atoms with Crippen LogP contribution in [0.2, 0.25) is 0 Å². The van der Waals surface area contributed by atoms with Gasteiger partial charge >= 0.3 is 0 Å². The summed E-state index contributed by atoms with van der Waals surface area (Å²) in [6.07, 6.45) is 0.606. The van der Waals surface area contributed by atoms with E-state index >= 15 is 0 Å². The van der Waals surface area contributed by atoms with Crippen molar-refractivity contribution in [2.24, 2.45) is 0 Å². The minimum atomic E-state index is -0.421. The predicted octanol–water partition coefficient (Wildman–Crippen LogP) is 1.84. The first-order chi connectivity index (χ1) is 8.65. The highest BCUT2D eigenvalue weighted by Crippen LogP contribution is 2.11. The first kappa shape index (κ1) is 12.5. The quantitative estimate of drug-likeness (QED) is 0.886. The van der Waals surface area contributed by atoms with Crippen LogP contribution in [0.1, 0.15) is 16.1 Å². The number of halogens is 1. The summed E-state index contributed by atoms with van der Waals surface area (Å²) in [7, 11) is 0. The number of hydrogen-bond acceptors (Lipinski definition) is 4. The average molecular weight is 265 g/mol. The van der Waals surface area contributed by atoms with Gasteiger partial charge in [0.25, 0.3) is 5.91 Å². The molecule has 1 aromatic carbocycles. The van der Waals surface area contributed by atoms with E-state index < -0.39 is 5.82 Å². The molecule has 3 N–H and O–H groups in total. The van der Waals surface area contributed by atoms with Gasteiger partial charge in [-0.1, -0.05) is 6.07 Å². The summed E-state index contributed by atoms with van der Waals surface area (Å²) in [5.74, 6) is -0.715. The van der Waals surface area contributed by atoms with Gasteiger partial charge in [-0.25, -0.2) is 9.37 Å². The number of thiazole rings is 1. The van der Waals surface area contributed by atoms with E-state index in [0.29, 0.717) is 23.7 Å². The standard InChI is InChI=1S/C12H12FN3OS/c13-9-3-1-2-8(6-9)11(17)15-5-4-10-7-18-12(14)16-10/h1-3,6-7H,4-5H2,(H2,14,16)(H,15,17). The summed E-state index contributed by atoms with van der Waals surface area (Å²) in [6, 6.07) is 5.58. The zero-order valence-corrected chi connectivity index (χ0v) is 10.3. The molecular formula is C12H12FN3OS. The van der Waals surface area contributed by atoms with Gasteiger partial charge in [0.15, 0.2) is 5.13 Å². The summed E-state index contributed by atoms with van der Waals surface area (Å²) < 4.78 is 12.9. The molecule has 0 unspecified atom stereocenters. The van der Waals surface area contributed by atoms with E-state index in [1.807, 2.05) is 5.38 Å². The number of nitrogens with one attached hydrogen (secondary N) is 1. The molecule has 0 aliphatic heterocycles. The van der Waals surface area contributed by atoms with Crippen molar-refractivity contribution < 1.29 is 9.18 Å². The SMILES string of the molecule is Nc1nc(CCNC(=O)c2cccc(F)c2)cs1. The Hall–Kier alpha value is -1.95. The predicted molar refractivity (Wildman–Crippen MR) is 69.0 cm³/mol. The van der Waals surface area contributed by atoms with E-state index in [4.69, 9.17) is 5.73 Å². The molecule has 18 heavy (non-hydrogen) atoms. The highest BCUT2D eigenvalue weighted by Gasteiger charge is 2.06. The van der Waals surface area contributed by atoms with E-state index in [-0.39, 0.29) is 5.91 Å². The normalized spacial score (nSPS) is 10.3. The minimum absolute atomic E-state index is 0.294. The second kappa shape index (κ2) is 5.59. The molecule has 0 saturated carbocycles. The lowest BCUT2D eigenvalue weighted by atomic mass is 10.2. The number of rotatable bonds is 4. The second-order valence-electron chi connectivity index (χ2n) is 3.69. The van der Waals surface area contributed by atoms with Crippen LogP contribution in [-0.2, 0) is 6.42 Å². The molecule has 0 radical (unpaired) electrons. The second-order valence-corrected chi connectivity index (χ2v) is 4.58. The third-order valence-electron chi connectivity index (χ3n) is 2.32. The van der Waals surface area contributed by atoms with Crippen molar-refractivity contribution in [2.45, 2.75) is 6.42 Å². The Bertz CT molecular complexity index is 556. The van der Waals surface area contributed by atoms with Gasteiger partial charge in [-0.05, 0) is 18.2 Å². The van der Waals surface area contributed by atoms with Crippen LogP contribution in [0.15, 0.2) is 29.6 Å². The summed E-state index contributed by atoms with van der Waals surface area (Å²) in [5.41, 5.74) is 6.65. The zero-order valence-electron chi connectivity index (χ0n) is 9.52. The van der Waals surface area contributed by atoms with Gasteiger partial charge in [0, 0.05) is 23.9 Å². The van der Waals surface area contributed by atoms with Crippen molar-refractivity contribution in [3.8, 4) is 0 Å². The van der Waals surface area contributed by atoms with Gasteiger partial charge in [-0.15, -0.1) is 11.3 Å².